The van der Waals surface area contributed by atoms with E-state index in [4.69, 9.17) is 9.84 Å². The summed E-state index contributed by atoms with van der Waals surface area (Å²) >= 11 is 0. The van der Waals surface area contributed by atoms with E-state index in [9.17, 15) is 14.9 Å². The SMILES string of the molecule is COc1ccc(-c2cccc(C(=O)O)c2)c([N+](=O)[O-])c1. The molecule has 0 heterocycles. The van der Waals surface area contributed by atoms with Gasteiger partial charge in [-0.3, -0.25) is 10.1 Å². The maximum Gasteiger partial charge on any atom is 0.335 e. The number of aromatic carboxylic acids is 1. The minimum Gasteiger partial charge on any atom is -0.497 e. The number of carbonyl (C=O) groups is 1. The molecule has 0 bridgehead atoms. The lowest BCUT2D eigenvalue weighted by atomic mass is 10.0. The lowest BCUT2D eigenvalue weighted by Crippen LogP contribution is -1.97. The molecular weight excluding hydrogens is 262 g/mol. The van der Waals surface area contributed by atoms with E-state index in [1.54, 1.807) is 18.2 Å². The molecule has 2 aromatic carbocycles. The highest BCUT2D eigenvalue weighted by atomic mass is 16.6. The third-order valence-corrected chi connectivity index (χ3v) is 2.82. The molecule has 6 nitrogen and oxygen atoms in total. The number of ether oxygens (including phenoxy) is 1. The number of nitro benzene ring substituents is 1. The number of hydrogen-bond acceptors (Lipinski definition) is 4. The van der Waals surface area contributed by atoms with Crippen LogP contribution in [0.25, 0.3) is 11.1 Å². The molecule has 0 atom stereocenters. The summed E-state index contributed by atoms with van der Waals surface area (Å²) in [5.74, 6) is -0.710. The van der Waals surface area contributed by atoms with Crippen molar-refractivity contribution in [2.45, 2.75) is 0 Å². The summed E-state index contributed by atoms with van der Waals surface area (Å²) in [6.07, 6.45) is 0. The first-order valence-electron chi connectivity index (χ1n) is 5.69. The first-order valence-corrected chi connectivity index (χ1v) is 5.69. The van der Waals surface area contributed by atoms with Crippen molar-refractivity contribution in [3.63, 3.8) is 0 Å². The zero-order valence-electron chi connectivity index (χ0n) is 10.6. The predicted molar refractivity (Wildman–Crippen MR) is 72.0 cm³/mol. The van der Waals surface area contributed by atoms with Gasteiger partial charge in [0.25, 0.3) is 5.69 Å². The Hall–Kier alpha value is -2.89. The summed E-state index contributed by atoms with van der Waals surface area (Å²) in [5.41, 5.74) is 0.762. The molecular formula is C14H11NO5. The van der Waals surface area contributed by atoms with Crippen LogP contribution in [0.15, 0.2) is 42.5 Å². The fraction of sp³-hybridized carbons (Fsp3) is 0.0714. The van der Waals surface area contributed by atoms with Crippen molar-refractivity contribution in [3.8, 4) is 16.9 Å². The van der Waals surface area contributed by atoms with Crippen LogP contribution in [0.4, 0.5) is 5.69 Å². The number of carboxylic acid groups (broad SMARTS) is 1. The standard InChI is InChI=1S/C14H11NO5/c1-20-11-5-6-12(13(8-11)15(18)19)9-3-2-4-10(7-9)14(16)17/h2-8H,1H3,(H,16,17). The Bertz CT molecular complexity index is 681. The zero-order chi connectivity index (χ0) is 14.7. The summed E-state index contributed by atoms with van der Waals surface area (Å²) in [6.45, 7) is 0. The second kappa shape index (κ2) is 5.40. The van der Waals surface area contributed by atoms with Crippen LogP contribution in [0, 0.1) is 10.1 Å². The maximum absolute atomic E-state index is 11.1. The Kier molecular flexibility index (Phi) is 3.65. The number of methoxy groups -OCH3 is 1. The summed E-state index contributed by atoms with van der Waals surface area (Å²) in [7, 11) is 1.42. The van der Waals surface area contributed by atoms with Gasteiger partial charge in [-0.1, -0.05) is 12.1 Å². The molecule has 0 saturated carbocycles. The number of hydrogen-bond donors (Lipinski definition) is 1. The third-order valence-electron chi connectivity index (χ3n) is 2.82. The second-order valence-electron chi connectivity index (χ2n) is 4.03. The van der Waals surface area contributed by atoms with Gasteiger partial charge in [0.2, 0.25) is 0 Å². The molecule has 20 heavy (non-hydrogen) atoms. The highest BCUT2D eigenvalue weighted by Crippen LogP contribution is 2.33. The molecule has 2 rings (SSSR count). The van der Waals surface area contributed by atoms with Gasteiger partial charge in [0, 0.05) is 0 Å². The minimum absolute atomic E-state index is 0.0765. The molecule has 0 fully saturated rings. The molecule has 0 amide bonds. The molecule has 0 aliphatic rings. The number of nitrogens with zero attached hydrogens (tertiary/aromatic N) is 1. The lowest BCUT2D eigenvalue weighted by Gasteiger charge is -2.06. The van der Waals surface area contributed by atoms with E-state index in [-0.39, 0.29) is 11.3 Å². The highest BCUT2D eigenvalue weighted by Gasteiger charge is 2.17. The number of rotatable bonds is 4. The minimum atomic E-state index is -1.08. The van der Waals surface area contributed by atoms with E-state index in [1.807, 2.05) is 0 Å². The number of carboxylic acids is 1. The van der Waals surface area contributed by atoms with E-state index < -0.39 is 10.9 Å². The average Bonchev–Trinajstić information content (AvgIpc) is 2.46. The van der Waals surface area contributed by atoms with Gasteiger partial charge in [-0.2, -0.15) is 0 Å². The van der Waals surface area contributed by atoms with Crippen molar-refractivity contribution in [2.24, 2.45) is 0 Å². The van der Waals surface area contributed by atoms with Gasteiger partial charge in [-0.05, 0) is 29.8 Å². The number of benzene rings is 2. The van der Waals surface area contributed by atoms with Crippen LogP contribution in [-0.2, 0) is 0 Å². The highest BCUT2D eigenvalue weighted by molar-refractivity contribution is 5.90. The van der Waals surface area contributed by atoms with Crippen molar-refractivity contribution >= 4 is 11.7 Å². The Balaban J connectivity index is 2.60. The Morgan fingerprint density at radius 3 is 2.60 bits per heavy atom. The van der Waals surface area contributed by atoms with Gasteiger partial charge >= 0.3 is 5.97 Å². The largest absolute Gasteiger partial charge is 0.497 e. The quantitative estimate of drug-likeness (QED) is 0.683. The molecule has 0 aromatic heterocycles. The van der Waals surface area contributed by atoms with Crippen molar-refractivity contribution in [1.82, 2.24) is 0 Å². The van der Waals surface area contributed by atoms with E-state index in [1.165, 1.54) is 31.4 Å². The lowest BCUT2D eigenvalue weighted by molar-refractivity contribution is -0.384. The summed E-state index contributed by atoms with van der Waals surface area (Å²) < 4.78 is 4.96. The first-order chi connectivity index (χ1) is 9.52. The van der Waals surface area contributed by atoms with Crippen molar-refractivity contribution in [3.05, 3.63) is 58.1 Å². The fourth-order valence-corrected chi connectivity index (χ4v) is 1.85. The molecule has 102 valence electrons. The molecule has 0 radical (unpaired) electrons. The van der Waals surface area contributed by atoms with Gasteiger partial charge < -0.3 is 9.84 Å². The smallest absolute Gasteiger partial charge is 0.335 e. The molecule has 2 aromatic rings. The van der Waals surface area contributed by atoms with E-state index in [2.05, 4.69) is 0 Å². The molecule has 0 unspecified atom stereocenters. The van der Waals surface area contributed by atoms with Crippen LogP contribution in [0.2, 0.25) is 0 Å². The van der Waals surface area contributed by atoms with E-state index >= 15 is 0 Å². The van der Waals surface area contributed by atoms with Gasteiger partial charge in [0.15, 0.2) is 0 Å². The molecule has 0 aliphatic heterocycles. The van der Waals surface area contributed by atoms with Crippen LogP contribution in [0.5, 0.6) is 5.75 Å². The average molecular weight is 273 g/mol. The van der Waals surface area contributed by atoms with Crippen LogP contribution >= 0.6 is 0 Å². The van der Waals surface area contributed by atoms with Crippen molar-refractivity contribution in [1.29, 1.82) is 0 Å². The molecule has 0 aliphatic carbocycles. The first kappa shape index (κ1) is 13.5. The Morgan fingerprint density at radius 1 is 1.25 bits per heavy atom. The monoisotopic (exact) mass is 273 g/mol. The van der Waals surface area contributed by atoms with Crippen molar-refractivity contribution < 1.29 is 19.6 Å². The van der Waals surface area contributed by atoms with Crippen molar-refractivity contribution in [2.75, 3.05) is 7.11 Å². The van der Waals surface area contributed by atoms with Crippen LogP contribution < -0.4 is 4.74 Å². The topological polar surface area (TPSA) is 89.7 Å². The molecule has 0 saturated heterocycles. The third kappa shape index (κ3) is 2.59. The van der Waals surface area contributed by atoms with Crippen LogP contribution in [-0.4, -0.2) is 23.1 Å². The molecule has 0 spiro atoms. The van der Waals surface area contributed by atoms with E-state index in [0.717, 1.165) is 0 Å². The predicted octanol–water partition coefficient (Wildman–Crippen LogP) is 2.97. The van der Waals surface area contributed by atoms with Gasteiger partial charge in [0.1, 0.15) is 5.75 Å². The normalized spacial score (nSPS) is 10.1. The Morgan fingerprint density at radius 2 is 2.00 bits per heavy atom. The second-order valence-corrected chi connectivity index (χ2v) is 4.03. The number of nitro groups is 1. The molecule has 6 heteroatoms. The maximum atomic E-state index is 11.1. The van der Waals surface area contributed by atoms with Crippen LogP contribution in [0.3, 0.4) is 0 Å². The summed E-state index contributed by atoms with van der Waals surface area (Å²) in [6, 6.07) is 10.4. The summed E-state index contributed by atoms with van der Waals surface area (Å²) in [5, 5.41) is 20.1. The zero-order valence-corrected chi connectivity index (χ0v) is 10.6. The van der Waals surface area contributed by atoms with Gasteiger partial charge in [0.05, 0.1) is 29.2 Å². The van der Waals surface area contributed by atoms with Gasteiger partial charge in [-0.15, -0.1) is 0 Å². The Labute approximate surface area is 114 Å². The van der Waals surface area contributed by atoms with E-state index in [0.29, 0.717) is 16.9 Å². The summed E-state index contributed by atoms with van der Waals surface area (Å²) in [4.78, 5) is 21.5. The van der Waals surface area contributed by atoms with Gasteiger partial charge in [-0.25, -0.2) is 4.79 Å². The fourth-order valence-electron chi connectivity index (χ4n) is 1.85. The van der Waals surface area contributed by atoms with Crippen LogP contribution in [0.1, 0.15) is 10.4 Å². The molecule has 1 N–H and O–H groups in total.